The quantitative estimate of drug-likeness (QED) is 0.267. The van der Waals surface area contributed by atoms with Crippen molar-refractivity contribution in [2.75, 3.05) is 64.4 Å². The van der Waals surface area contributed by atoms with Gasteiger partial charge >= 0.3 is 0 Å². The third kappa shape index (κ3) is 7.46. The number of guanidine groups is 1. The van der Waals surface area contributed by atoms with E-state index >= 15 is 0 Å². The monoisotopic (exact) mass is 487 g/mol. The highest BCUT2D eigenvalue weighted by Crippen LogP contribution is 2.19. The molecule has 0 aliphatic carbocycles. The zero-order valence-corrected chi connectivity index (χ0v) is 18.7. The lowest BCUT2D eigenvalue weighted by Crippen LogP contribution is -2.45. The minimum Gasteiger partial charge on any atom is -0.379 e. The lowest BCUT2D eigenvalue weighted by Gasteiger charge is -2.26. The van der Waals surface area contributed by atoms with Gasteiger partial charge in [-0.1, -0.05) is 18.2 Å². The molecule has 2 aliphatic heterocycles. The first kappa shape index (κ1) is 22.2. The average molecular weight is 487 g/mol. The van der Waals surface area contributed by atoms with Crippen molar-refractivity contribution in [1.29, 1.82) is 0 Å². The minimum absolute atomic E-state index is 0. The smallest absolute Gasteiger partial charge is 0.191 e. The minimum atomic E-state index is 0. The molecule has 1 atom stereocenters. The number of unbranched alkanes of at least 4 members (excludes halogenated alkanes) is 1. The molecule has 6 nitrogen and oxygen atoms in total. The summed E-state index contributed by atoms with van der Waals surface area (Å²) in [6, 6.07) is 11.1. The number of nitrogens with zero attached hydrogens (tertiary/aromatic N) is 3. The molecule has 1 aromatic carbocycles. The Labute approximate surface area is 180 Å². The van der Waals surface area contributed by atoms with Crippen LogP contribution in [0.5, 0.6) is 0 Å². The van der Waals surface area contributed by atoms with E-state index in [9.17, 15) is 0 Å². The lowest BCUT2D eigenvalue weighted by molar-refractivity contribution is 0.0372. The van der Waals surface area contributed by atoms with Crippen molar-refractivity contribution >= 4 is 35.6 Å². The van der Waals surface area contributed by atoms with Gasteiger partial charge in [0.1, 0.15) is 0 Å². The van der Waals surface area contributed by atoms with Crippen LogP contribution < -0.4 is 15.5 Å². The van der Waals surface area contributed by atoms with E-state index in [4.69, 9.17) is 4.74 Å². The molecule has 0 aromatic heterocycles. The van der Waals surface area contributed by atoms with E-state index in [0.717, 1.165) is 58.3 Å². The Kier molecular flexibility index (Phi) is 10.2. The molecule has 7 heteroatoms. The molecule has 2 fully saturated rings. The van der Waals surface area contributed by atoms with Gasteiger partial charge in [-0.3, -0.25) is 9.89 Å². The zero-order chi connectivity index (χ0) is 18.0. The summed E-state index contributed by atoms with van der Waals surface area (Å²) in [4.78, 5) is 9.32. The van der Waals surface area contributed by atoms with E-state index in [1.54, 1.807) is 0 Å². The van der Waals surface area contributed by atoms with Gasteiger partial charge in [0, 0.05) is 51.5 Å². The number of benzene rings is 1. The Morgan fingerprint density at radius 3 is 2.67 bits per heavy atom. The fourth-order valence-electron chi connectivity index (χ4n) is 3.63. The predicted octanol–water partition coefficient (Wildman–Crippen LogP) is 2.16. The second kappa shape index (κ2) is 12.4. The molecule has 0 spiro atoms. The van der Waals surface area contributed by atoms with Crippen molar-refractivity contribution < 1.29 is 4.74 Å². The van der Waals surface area contributed by atoms with Gasteiger partial charge in [0.15, 0.2) is 5.96 Å². The van der Waals surface area contributed by atoms with E-state index in [1.165, 1.54) is 25.1 Å². The van der Waals surface area contributed by atoms with Crippen molar-refractivity contribution in [3.63, 3.8) is 0 Å². The molecule has 2 heterocycles. The summed E-state index contributed by atoms with van der Waals surface area (Å²) in [5, 5.41) is 7.04. The molecule has 1 unspecified atom stereocenters. The molecule has 0 radical (unpaired) electrons. The maximum Gasteiger partial charge on any atom is 0.191 e. The second-order valence-electron chi connectivity index (χ2n) is 7.07. The van der Waals surface area contributed by atoms with Crippen LogP contribution >= 0.6 is 24.0 Å². The first-order valence-corrected chi connectivity index (χ1v) is 9.92. The summed E-state index contributed by atoms with van der Waals surface area (Å²) in [5.41, 5.74) is 1.31. The number of morpholine rings is 1. The van der Waals surface area contributed by atoms with E-state index in [-0.39, 0.29) is 24.0 Å². The molecule has 2 N–H and O–H groups in total. The highest BCUT2D eigenvalue weighted by atomic mass is 127. The van der Waals surface area contributed by atoms with Crippen molar-refractivity contribution in [2.24, 2.45) is 4.99 Å². The second-order valence-corrected chi connectivity index (χ2v) is 7.07. The van der Waals surface area contributed by atoms with E-state index in [0.29, 0.717) is 6.04 Å². The number of halogens is 1. The highest BCUT2D eigenvalue weighted by molar-refractivity contribution is 14.0. The predicted molar refractivity (Wildman–Crippen MR) is 123 cm³/mol. The summed E-state index contributed by atoms with van der Waals surface area (Å²) < 4.78 is 5.39. The summed E-state index contributed by atoms with van der Waals surface area (Å²) >= 11 is 0. The number of hydrogen-bond acceptors (Lipinski definition) is 4. The standard InChI is InChI=1S/C20H33N5O.HI/c1-21-20(22-10-5-6-11-24-13-15-26-16-14-24)23-18-9-12-25(17-18)19-7-3-2-4-8-19;/h2-4,7-8,18H,5-6,9-17H2,1H3,(H2,21,22,23);1H. The fraction of sp³-hybridized carbons (Fsp3) is 0.650. The van der Waals surface area contributed by atoms with Crippen LogP contribution in [0.15, 0.2) is 35.3 Å². The zero-order valence-electron chi connectivity index (χ0n) is 16.4. The Hall–Kier alpha value is -1.06. The first-order valence-electron chi connectivity index (χ1n) is 9.92. The third-order valence-corrected chi connectivity index (χ3v) is 5.17. The topological polar surface area (TPSA) is 52.1 Å². The molecular formula is C20H34IN5O. The van der Waals surface area contributed by atoms with Crippen LogP contribution in [0.1, 0.15) is 19.3 Å². The molecular weight excluding hydrogens is 453 g/mol. The van der Waals surface area contributed by atoms with Gasteiger partial charge in [0.2, 0.25) is 0 Å². The van der Waals surface area contributed by atoms with Crippen molar-refractivity contribution in [2.45, 2.75) is 25.3 Å². The van der Waals surface area contributed by atoms with E-state index < -0.39 is 0 Å². The summed E-state index contributed by atoms with van der Waals surface area (Å²) in [6.07, 6.45) is 3.53. The van der Waals surface area contributed by atoms with Crippen molar-refractivity contribution in [1.82, 2.24) is 15.5 Å². The molecule has 0 saturated carbocycles. The van der Waals surface area contributed by atoms with Crippen molar-refractivity contribution in [3.05, 3.63) is 30.3 Å². The maximum atomic E-state index is 5.39. The number of aliphatic imine (C=N–C) groups is 1. The van der Waals surface area contributed by atoms with Crippen LogP contribution in [-0.4, -0.2) is 76.4 Å². The van der Waals surface area contributed by atoms with Gasteiger partial charge in [-0.15, -0.1) is 24.0 Å². The third-order valence-electron chi connectivity index (χ3n) is 5.17. The van der Waals surface area contributed by atoms with Gasteiger partial charge < -0.3 is 20.3 Å². The van der Waals surface area contributed by atoms with Gasteiger partial charge in [0.25, 0.3) is 0 Å². The van der Waals surface area contributed by atoms with Gasteiger partial charge in [0.05, 0.1) is 13.2 Å². The van der Waals surface area contributed by atoms with E-state index in [1.807, 2.05) is 7.05 Å². The molecule has 2 aliphatic rings. The summed E-state index contributed by atoms with van der Waals surface area (Å²) in [7, 11) is 1.85. The molecule has 0 bridgehead atoms. The van der Waals surface area contributed by atoms with Gasteiger partial charge in [-0.2, -0.15) is 0 Å². The van der Waals surface area contributed by atoms with E-state index in [2.05, 4.69) is 55.8 Å². The fourth-order valence-corrected chi connectivity index (χ4v) is 3.63. The Bertz CT molecular complexity index is 551. The highest BCUT2D eigenvalue weighted by Gasteiger charge is 2.23. The molecule has 152 valence electrons. The first-order chi connectivity index (χ1) is 12.8. The summed E-state index contributed by atoms with van der Waals surface area (Å²) in [6.45, 7) is 8.20. The number of ether oxygens (including phenoxy) is 1. The molecule has 1 aromatic rings. The Balaban J connectivity index is 0.00000261. The Morgan fingerprint density at radius 1 is 1.15 bits per heavy atom. The van der Waals surface area contributed by atoms with Crippen LogP contribution in [0, 0.1) is 0 Å². The van der Waals surface area contributed by atoms with Crippen LogP contribution in [-0.2, 0) is 4.74 Å². The van der Waals surface area contributed by atoms with Crippen LogP contribution in [0.4, 0.5) is 5.69 Å². The maximum absolute atomic E-state index is 5.39. The molecule has 27 heavy (non-hydrogen) atoms. The molecule has 2 saturated heterocycles. The number of anilines is 1. The Morgan fingerprint density at radius 2 is 1.93 bits per heavy atom. The number of hydrogen-bond donors (Lipinski definition) is 2. The lowest BCUT2D eigenvalue weighted by atomic mass is 10.2. The largest absolute Gasteiger partial charge is 0.379 e. The van der Waals surface area contributed by atoms with Gasteiger partial charge in [-0.05, 0) is 37.9 Å². The van der Waals surface area contributed by atoms with Gasteiger partial charge in [-0.25, -0.2) is 0 Å². The van der Waals surface area contributed by atoms with Crippen LogP contribution in [0.25, 0.3) is 0 Å². The normalized spacial score (nSPS) is 21.0. The SMILES string of the molecule is CN=C(NCCCCN1CCOCC1)NC1CCN(c2ccccc2)C1.I. The van der Waals surface area contributed by atoms with Crippen molar-refractivity contribution in [3.8, 4) is 0 Å². The molecule has 0 amide bonds. The summed E-state index contributed by atoms with van der Waals surface area (Å²) in [5.74, 6) is 0.927. The average Bonchev–Trinajstić information content (AvgIpc) is 3.17. The number of rotatable bonds is 7. The molecule has 3 rings (SSSR count). The van der Waals surface area contributed by atoms with Crippen LogP contribution in [0.2, 0.25) is 0 Å². The number of para-hydroxylation sites is 1. The number of nitrogens with one attached hydrogen (secondary N) is 2. The van der Waals surface area contributed by atoms with Crippen LogP contribution in [0.3, 0.4) is 0 Å².